The van der Waals surface area contributed by atoms with E-state index in [4.69, 9.17) is 9.84 Å². The zero-order valence-corrected chi connectivity index (χ0v) is 10.7. The summed E-state index contributed by atoms with van der Waals surface area (Å²) in [5, 5.41) is 8.43. The van der Waals surface area contributed by atoms with Gasteiger partial charge < -0.3 is 9.84 Å². The van der Waals surface area contributed by atoms with Crippen molar-refractivity contribution < 1.29 is 23.1 Å². The Labute approximate surface area is 106 Å². The lowest BCUT2D eigenvalue weighted by molar-refractivity contribution is -0.136. The molecule has 1 aromatic rings. The first-order valence-electron chi connectivity index (χ1n) is 5.25. The molecule has 0 heterocycles. The Kier molecular flexibility index (Phi) is 5.11. The fourth-order valence-corrected chi connectivity index (χ4v) is 2.55. The largest absolute Gasteiger partial charge is 0.496 e. The molecule has 0 saturated heterocycles. The Balaban J connectivity index is 2.67. The fourth-order valence-electron chi connectivity index (χ4n) is 1.39. The van der Waals surface area contributed by atoms with Gasteiger partial charge >= 0.3 is 5.97 Å². The van der Waals surface area contributed by atoms with Crippen molar-refractivity contribution in [2.24, 2.45) is 0 Å². The molecular weight excluding hydrogens is 258 g/mol. The summed E-state index contributed by atoms with van der Waals surface area (Å²) in [7, 11) is -2.09. The van der Waals surface area contributed by atoms with E-state index in [-0.39, 0.29) is 18.7 Å². The summed E-state index contributed by atoms with van der Waals surface area (Å²) in [6.07, 6.45) is -0.245. The van der Waals surface area contributed by atoms with Gasteiger partial charge in [-0.2, -0.15) is 0 Å². The second-order valence-electron chi connectivity index (χ2n) is 3.61. The molecule has 0 bridgehead atoms. The normalized spacial score (nSPS) is 11.2. The molecule has 1 rings (SSSR count). The van der Waals surface area contributed by atoms with Gasteiger partial charge in [-0.25, -0.2) is 13.1 Å². The number of carbonyl (C=O) groups is 1. The predicted octanol–water partition coefficient (Wildman–Crippen LogP) is 0.589. The molecule has 0 fully saturated rings. The van der Waals surface area contributed by atoms with E-state index in [1.807, 2.05) is 0 Å². The summed E-state index contributed by atoms with van der Waals surface area (Å²) < 4.78 is 30.7. The Morgan fingerprint density at radius 3 is 2.67 bits per heavy atom. The van der Waals surface area contributed by atoms with Crippen LogP contribution < -0.4 is 9.46 Å². The fraction of sp³-hybridized carbons (Fsp3) is 0.364. The van der Waals surface area contributed by atoms with Crippen LogP contribution in [0.1, 0.15) is 12.0 Å². The van der Waals surface area contributed by atoms with Crippen molar-refractivity contribution in [2.45, 2.75) is 12.2 Å². The molecule has 0 aliphatic rings. The number of rotatable bonds is 7. The molecule has 100 valence electrons. The molecule has 0 spiro atoms. The van der Waals surface area contributed by atoms with Crippen molar-refractivity contribution in [3.05, 3.63) is 29.8 Å². The van der Waals surface area contributed by atoms with E-state index >= 15 is 0 Å². The predicted molar refractivity (Wildman–Crippen MR) is 65.9 cm³/mol. The summed E-state index contributed by atoms with van der Waals surface area (Å²) >= 11 is 0. The highest BCUT2D eigenvalue weighted by molar-refractivity contribution is 7.88. The average Bonchev–Trinajstić information content (AvgIpc) is 2.28. The van der Waals surface area contributed by atoms with Crippen LogP contribution in [-0.2, 0) is 20.6 Å². The van der Waals surface area contributed by atoms with Crippen LogP contribution in [0.25, 0.3) is 0 Å². The summed E-state index contributed by atoms with van der Waals surface area (Å²) in [5.74, 6) is -0.799. The van der Waals surface area contributed by atoms with Crippen molar-refractivity contribution in [1.29, 1.82) is 0 Å². The van der Waals surface area contributed by atoms with Gasteiger partial charge in [0.25, 0.3) is 0 Å². The van der Waals surface area contributed by atoms with Crippen molar-refractivity contribution >= 4 is 16.0 Å². The van der Waals surface area contributed by atoms with Gasteiger partial charge in [-0.3, -0.25) is 4.79 Å². The van der Waals surface area contributed by atoms with Crippen LogP contribution in [0.3, 0.4) is 0 Å². The number of nitrogens with one attached hydrogen (secondary N) is 1. The molecule has 0 atom stereocenters. The molecule has 6 nitrogen and oxygen atoms in total. The van der Waals surface area contributed by atoms with Crippen LogP contribution in [0.15, 0.2) is 24.3 Å². The standard InChI is InChI=1S/C11H15NO5S/c1-17-10-5-3-2-4-9(10)8-18(15,16)12-7-6-11(13)14/h2-5,12H,6-8H2,1H3,(H,13,14). The molecule has 0 aromatic heterocycles. The van der Waals surface area contributed by atoms with Crippen molar-refractivity contribution in [1.82, 2.24) is 4.72 Å². The number of ether oxygens (including phenoxy) is 1. The Hall–Kier alpha value is -1.60. The van der Waals surface area contributed by atoms with Gasteiger partial charge in [-0.1, -0.05) is 18.2 Å². The Morgan fingerprint density at radius 1 is 1.39 bits per heavy atom. The number of sulfonamides is 1. The van der Waals surface area contributed by atoms with E-state index in [1.165, 1.54) is 7.11 Å². The van der Waals surface area contributed by atoms with Gasteiger partial charge in [-0.15, -0.1) is 0 Å². The van der Waals surface area contributed by atoms with Gasteiger partial charge in [0.2, 0.25) is 10.0 Å². The maximum absolute atomic E-state index is 11.7. The Morgan fingerprint density at radius 2 is 2.06 bits per heavy atom. The molecule has 0 amide bonds. The van der Waals surface area contributed by atoms with Crippen molar-refractivity contribution in [3.63, 3.8) is 0 Å². The molecule has 0 saturated carbocycles. The number of carboxylic acids is 1. The van der Waals surface area contributed by atoms with Crippen LogP contribution in [0.2, 0.25) is 0 Å². The van der Waals surface area contributed by atoms with Gasteiger partial charge in [0.05, 0.1) is 19.3 Å². The first-order valence-corrected chi connectivity index (χ1v) is 6.91. The number of benzene rings is 1. The highest BCUT2D eigenvalue weighted by Gasteiger charge is 2.14. The van der Waals surface area contributed by atoms with Crippen LogP contribution in [-0.4, -0.2) is 33.1 Å². The first kappa shape index (κ1) is 14.5. The van der Waals surface area contributed by atoms with Gasteiger partial charge in [0.15, 0.2) is 0 Å². The molecule has 0 radical (unpaired) electrons. The number of methoxy groups -OCH3 is 1. The minimum Gasteiger partial charge on any atom is -0.496 e. The van der Waals surface area contributed by atoms with E-state index in [9.17, 15) is 13.2 Å². The molecule has 0 aliphatic heterocycles. The van der Waals surface area contributed by atoms with E-state index in [1.54, 1.807) is 24.3 Å². The summed E-state index contributed by atoms with van der Waals surface area (Å²) in [6.45, 7) is -0.118. The third-order valence-corrected chi connectivity index (χ3v) is 3.53. The monoisotopic (exact) mass is 273 g/mol. The van der Waals surface area contributed by atoms with Gasteiger partial charge in [0.1, 0.15) is 5.75 Å². The summed E-state index contributed by atoms with van der Waals surface area (Å²) in [5.41, 5.74) is 0.530. The quantitative estimate of drug-likeness (QED) is 0.758. The van der Waals surface area contributed by atoms with Crippen molar-refractivity contribution in [3.8, 4) is 5.75 Å². The minimum absolute atomic E-state index is 0.118. The highest BCUT2D eigenvalue weighted by atomic mass is 32.2. The molecular formula is C11H15NO5S. The zero-order valence-electron chi connectivity index (χ0n) is 9.92. The van der Waals surface area contributed by atoms with E-state index in [0.717, 1.165) is 0 Å². The summed E-state index contributed by atoms with van der Waals surface area (Å²) in [6, 6.07) is 6.77. The second-order valence-corrected chi connectivity index (χ2v) is 5.42. The lowest BCUT2D eigenvalue weighted by Crippen LogP contribution is -2.27. The van der Waals surface area contributed by atoms with Crippen molar-refractivity contribution in [2.75, 3.05) is 13.7 Å². The maximum Gasteiger partial charge on any atom is 0.304 e. The minimum atomic E-state index is -3.56. The molecule has 18 heavy (non-hydrogen) atoms. The number of para-hydroxylation sites is 1. The van der Waals surface area contributed by atoms with Crippen LogP contribution in [0, 0.1) is 0 Å². The maximum atomic E-state index is 11.7. The number of hydrogen-bond donors (Lipinski definition) is 2. The lowest BCUT2D eigenvalue weighted by Gasteiger charge is -2.09. The van der Waals surface area contributed by atoms with E-state index < -0.39 is 16.0 Å². The van der Waals surface area contributed by atoms with Crippen LogP contribution in [0.4, 0.5) is 0 Å². The topological polar surface area (TPSA) is 92.7 Å². The molecule has 7 heteroatoms. The number of hydrogen-bond acceptors (Lipinski definition) is 4. The molecule has 2 N–H and O–H groups in total. The lowest BCUT2D eigenvalue weighted by atomic mass is 10.2. The number of carboxylic acid groups (broad SMARTS) is 1. The van der Waals surface area contributed by atoms with Crippen LogP contribution >= 0.6 is 0 Å². The Bertz CT molecular complexity index is 512. The van der Waals surface area contributed by atoms with Gasteiger partial charge in [0, 0.05) is 12.1 Å². The molecule has 0 aliphatic carbocycles. The average molecular weight is 273 g/mol. The number of aliphatic carboxylic acids is 1. The van der Waals surface area contributed by atoms with Gasteiger partial charge in [-0.05, 0) is 6.07 Å². The third kappa shape index (κ3) is 4.72. The summed E-state index contributed by atoms with van der Waals surface area (Å²) in [4.78, 5) is 10.3. The third-order valence-electron chi connectivity index (χ3n) is 2.20. The second kappa shape index (κ2) is 6.36. The SMILES string of the molecule is COc1ccccc1CS(=O)(=O)NCCC(=O)O. The molecule has 0 unspecified atom stereocenters. The zero-order chi connectivity index (χ0) is 13.6. The molecule has 1 aromatic carbocycles. The van der Waals surface area contributed by atoms with E-state index in [2.05, 4.69) is 4.72 Å². The smallest absolute Gasteiger partial charge is 0.304 e. The van der Waals surface area contributed by atoms with Crippen LogP contribution in [0.5, 0.6) is 5.75 Å². The first-order chi connectivity index (χ1) is 8.44. The van der Waals surface area contributed by atoms with E-state index in [0.29, 0.717) is 11.3 Å². The highest BCUT2D eigenvalue weighted by Crippen LogP contribution is 2.19.